The molecule has 0 atom stereocenters. The van der Waals surface area contributed by atoms with Crippen LogP contribution in [0.25, 0.3) is 0 Å². The molecule has 0 aliphatic carbocycles. The zero-order chi connectivity index (χ0) is 11.4. The summed E-state index contributed by atoms with van der Waals surface area (Å²) >= 11 is 5.79. The second-order valence-electron chi connectivity index (χ2n) is 2.90. The Morgan fingerprint density at radius 2 is 2.27 bits per heavy atom. The second-order valence-corrected chi connectivity index (χ2v) is 3.31. The van der Waals surface area contributed by atoms with Gasteiger partial charge in [0, 0.05) is 10.6 Å². The van der Waals surface area contributed by atoms with Crippen molar-refractivity contribution in [2.75, 3.05) is 12.3 Å². The molecule has 1 aromatic carbocycles. The van der Waals surface area contributed by atoms with E-state index in [1.165, 1.54) is 6.07 Å². The predicted octanol–water partition coefficient (Wildman–Crippen LogP) is 2.17. The predicted molar refractivity (Wildman–Crippen MR) is 56.2 cm³/mol. The van der Waals surface area contributed by atoms with Gasteiger partial charge in [0.1, 0.15) is 5.82 Å². The van der Waals surface area contributed by atoms with Crippen LogP contribution in [0.5, 0.6) is 0 Å². The number of hydrogen-bond donors (Lipinski definition) is 1. The lowest BCUT2D eigenvalue weighted by Gasteiger charge is -2.08. The van der Waals surface area contributed by atoms with Gasteiger partial charge >= 0.3 is 5.97 Å². The molecule has 2 N–H and O–H groups in total. The lowest BCUT2D eigenvalue weighted by atomic mass is 10.1. The van der Waals surface area contributed by atoms with Gasteiger partial charge in [-0.1, -0.05) is 11.6 Å². The molecule has 0 aromatic heterocycles. The number of nitrogens with two attached hydrogens (primary N) is 1. The molecule has 0 heterocycles. The molecule has 0 radical (unpaired) electrons. The van der Waals surface area contributed by atoms with Crippen LogP contribution in [-0.4, -0.2) is 12.6 Å². The number of nitrogen functional groups attached to an aromatic ring is 1. The first-order valence-electron chi connectivity index (χ1n) is 4.44. The molecule has 1 rings (SSSR count). The zero-order valence-electron chi connectivity index (χ0n) is 8.22. The van der Waals surface area contributed by atoms with E-state index in [4.69, 9.17) is 22.1 Å². The van der Waals surface area contributed by atoms with Crippen molar-refractivity contribution in [3.63, 3.8) is 0 Å². The molecule has 1 aromatic rings. The van der Waals surface area contributed by atoms with Crippen molar-refractivity contribution in [1.29, 1.82) is 0 Å². The van der Waals surface area contributed by atoms with E-state index in [1.54, 1.807) is 6.92 Å². The highest BCUT2D eigenvalue weighted by Gasteiger charge is 2.13. The summed E-state index contributed by atoms with van der Waals surface area (Å²) in [7, 11) is 0. The number of rotatable bonds is 3. The third kappa shape index (κ3) is 2.83. The summed E-state index contributed by atoms with van der Waals surface area (Å²) in [5.74, 6) is -1.06. The number of anilines is 1. The SMILES string of the molecule is CCOC(=O)Cc1c(Cl)ccc(F)c1N. The highest BCUT2D eigenvalue weighted by Crippen LogP contribution is 2.25. The summed E-state index contributed by atoms with van der Waals surface area (Å²) in [5.41, 5.74) is 5.63. The van der Waals surface area contributed by atoms with E-state index in [-0.39, 0.29) is 29.3 Å². The average molecular weight is 232 g/mol. The van der Waals surface area contributed by atoms with Crippen molar-refractivity contribution in [3.05, 3.63) is 28.5 Å². The third-order valence-electron chi connectivity index (χ3n) is 1.87. The Hall–Kier alpha value is -1.29. The fourth-order valence-corrected chi connectivity index (χ4v) is 1.38. The molecule has 3 nitrogen and oxygen atoms in total. The van der Waals surface area contributed by atoms with Crippen LogP contribution in [-0.2, 0) is 16.0 Å². The van der Waals surface area contributed by atoms with Gasteiger partial charge in [-0.2, -0.15) is 0 Å². The van der Waals surface area contributed by atoms with Gasteiger partial charge in [0.2, 0.25) is 0 Å². The van der Waals surface area contributed by atoms with E-state index >= 15 is 0 Å². The molecule has 82 valence electrons. The Morgan fingerprint density at radius 1 is 1.60 bits per heavy atom. The Labute approximate surface area is 92.0 Å². The molecular formula is C10H11ClFNO2. The molecule has 0 aliphatic rings. The maximum absolute atomic E-state index is 13.1. The summed E-state index contributed by atoms with van der Waals surface area (Å²) in [5, 5.41) is 0.266. The molecule has 0 saturated heterocycles. The van der Waals surface area contributed by atoms with Gasteiger partial charge in [-0.05, 0) is 19.1 Å². The van der Waals surface area contributed by atoms with Gasteiger partial charge in [-0.15, -0.1) is 0 Å². The number of carbonyl (C=O) groups excluding carboxylic acids is 1. The van der Waals surface area contributed by atoms with E-state index in [1.807, 2.05) is 0 Å². The fourth-order valence-electron chi connectivity index (χ4n) is 1.15. The zero-order valence-corrected chi connectivity index (χ0v) is 8.97. The Morgan fingerprint density at radius 3 is 2.87 bits per heavy atom. The third-order valence-corrected chi connectivity index (χ3v) is 2.23. The van der Waals surface area contributed by atoms with Crippen LogP contribution < -0.4 is 5.73 Å². The van der Waals surface area contributed by atoms with Crippen molar-refractivity contribution in [2.24, 2.45) is 0 Å². The Balaban J connectivity index is 2.93. The number of benzene rings is 1. The fraction of sp³-hybridized carbons (Fsp3) is 0.300. The average Bonchev–Trinajstić information content (AvgIpc) is 2.19. The molecule has 0 fully saturated rings. The van der Waals surface area contributed by atoms with Crippen molar-refractivity contribution in [1.82, 2.24) is 0 Å². The molecule has 0 bridgehead atoms. The Bertz CT molecular complexity index is 382. The molecule has 0 unspecified atom stereocenters. The summed E-state index contributed by atoms with van der Waals surface area (Å²) in [6.45, 7) is 1.96. The minimum atomic E-state index is -0.585. The van der Waals surface area contributed by atoms with Crippen LogP contribution in [0.15, 0.2) is 12.1 Å². The number of hydrogen-bond acceptors (Lipinski definition) is 3. The Kier molecular flexibility index (Phi) is 3.91. The molecule has 15 heavy (non-hydrogen) atoms. The van der Waals surface area contributed by atoms with E-state index in [9.17, 15) is 9.18 Å². The van der Waals surface area contributed by atoms with E-state index in [2.05, 4.69) is 0 Å². The van der Waals surface area contributed by atoms with Gasteiger partial charge < -0.3 is 10.5 Å². The van der Waals surface area contributed by atoms with Gasteiger partial charge in [-0.25, -0.2) is 4.39 Å². The maximum Gasteiger partial charge on any atom is 0.310 e. The summed E-state index contributed by atoms with van der Waals surface area (Å²) in [4.78, 5) is 11.2. The maximum atomic E-state index is 13.1. The number of esters is 1. The molecule has 0 aliphatic heterocycles. The molecular weight excluding hydrogens is 221 g/mol. The number of carbonyl (C=O) groups is 1. The summed E-state index contributed by atoms with van der Waals surface area (Å²) < 4.78 is 17.8. The topological polar surface area (TPSA) is 52.3 Å². The minimum absolute atomic E-state index is 0.101. The van der Waals surface area contributed by atoms with Crippen molar-refractivity contribution < 1.29 is 13.9 Å². The highest BCUT2D eigenvalue weighted by atomic mass is 35.5. The normalized spacial score (nSPS) is 10.1. The monoisotopic (exact) mass is 231 g/mol. The van der Waals surface area contributed by atoms with Crippen LogP contribution >= 0.6 is 11.6 Å². The number of ether oxygens (including phenoxy) is 1. The van der Waals surface area contributed by atoms with E-state index in [0.29, 0.717) is 0 Å². The molecule has 0 amide bonds. The lowest BCUT2D eigenvalue weighted by Crippen LogP contribution is -2.10. The first kappa shape index (κ1) is 11.8. The first-order chi connectivity index (χ1) is 7.06. The van der Waals surface area contributed by atoms with Gasteiger partial charge in [0.05, 0.1) is 18.7 Å². The summed E-state index contributed by atoms with van der Waals surface area (Å²) in [6, 6.07) is 2.52. The molecule has 0 spiro atoms. The van der Waals surface area contributed by atoms with E-state index in [0.717, 1.165) is 6.07 Å². The quantitative estimate of drug-likeness (QED) is 0.641. The molecule has 0 saturated carbocycles. The smallest absolute Gasteiger partial charge is 0.310 e. The number of halogens is 2. The van der Waals surface area contributed by atoms with Gasteiger partial charge in [0.15, 0.2) is 0 Å². The summed E-state index contributed by atoms with van der Waals surface area (Å²) in [6.07, 6.45) is -0.115. The van der Waals surface area contributed by atoms with Crippen LogP contribution in [0.2, 0.25) is 5.02 Å². The first-order valence-corrected chi connectivity index (χ1v) is 4.82. The lowest BCUT2D eigenvalue weighted by molar-refractivity contribution is -0.142. The van der Waals surface area contributed by atoms with Crippen LogP contribution in [0, 0.1) is 5.82 Å². The minimum Gasteiger partial charge on any atom is -0.466 e. The van der Waals surface area contributed by atoms with Gasteiger partial charge in [-0.3, -0.25) is 4.79 Å². The van der Waals surface area contributed by atoms with Crippen molar-refractivity contribution in [3.8, 4) is 0 Å². The largest absolute Gasteiger partial charge is 0.466 e. The molecule has 5 heteroatoms. The van der Waals surface area contributed by atoms with Crippen LogP contribution in [0.1, 0.15) is 12.5 Å². The van der Waals surface area contributed by atoms with Crippen molar-refractivity contribution >= 4 is 23.3 Å². The second kappa shape index (κ2) is 4.98. The van der Waals surface area contributed by atoms with Crippen LogP contribution in [0.4, 0.5) is 10.1 Å². The highest BCUT2D eigenvalue weighted by molar-refractivity contribution is 6.31. The van der Waals surface area contributed by atoms with Crippen molar-refractivity contribution in [2.45, 2.75) is 13.3 Å². The van der Waals surface area contributed by atoms with E-state index < -0.39 is 11.8 Å². The standard InChI is InChI=1S/C10H11ClFNO2/c1-2-15-9(14)5-6-7(11)3-4-8(12)10(6)13/h3-4H,2,5,13H2,1H3. The van der Waals surface area contributed by atoms with Crippen LogP contribution in [0.3, 0.4) is 0 Å². The van der Waals surface area contributed by atoms with Gasteiger partial charge in [0.25, 0.3) is 0 Å².